The number of sulfone groups is 1. The highest BCUT2D eigenvalue weighted by molar-refractivity contribution is 8.00. The summed E-state index contributed by atoms with van der Waals surface area (Å²) < 4.78 is 36.9. The fourth-order valence-electron chi connectivity index (χ4n) is 2.21. The van der Waals surface area contributed by atoms with Gasteiger partial charge in [0.15, 0.2) is 9.84 Å². The zero-order valence-electron chi connectivity index (χ0n) is 11.0. The van der Waals surface area contributed by atoms with Gasteiger partial charge in [-0.15, -0.1) is 0 Å². The minimum absolute atomic E-state index is 0.277. The van der Waals surface area contributed by atoms with Gasteiger partial charge in [0.05, 0.1) is 11.6 Å². The first-order valence-corrected chi connectivity index (χ1v) is 9.22. The number of thioether (sulfide) groups is 1. The molecule has 1 atom stereocenters. The van der Waals surface area contributed by atoms with Crippen molar-refractivity contribution in [3.63, 3.8) is 0 Å². The molecule has 0 radical (unpaired) electrons. The summed E-state index contributed by atoms with van der Waals surface area (Å²) in [4.78, 5) is 1.81. The van der Waals surface area contributed by atoms with Gasteiger partial charge in [-0.05, 0) is 23.8 Å². The van der Waals surface area contributed by atoms with E-state index in [-0.39, 0.29) is 6.54 Å². The van der Waals surface area contributed by atoms with Crippen molar-refractivity contribution in [2.24, 2.45) is 0 Å². The van der Waals surface area contributed by atoms with E-state index in [2.05, 4.69) is 0 Å². The normalized spacial score (nSPS) is 20.6. The summed E-state index contributed by atoms with van der Waals surface area (Å²) in [5.41, 5.74) is 0.921. The Bertz CT molecular complexity index is 640. The summed E-state index contributed by atoms with van der Waals surface area (Å²) in [6.07, 6.45) is 1.22. The SMILES string of the molecule is CS(=O)(=O)C1CSCCN1Cc1cc(F)ccc1C#N. The average molecular weight is 314 g/mol. The van der Waals surface area contributed by atoms with Crippen molar-refractivity contribution in [3.05, 3.63) is 35.1 Å². The Hall–Kier alpha value is -1.10. The van der Waals surface area contributed by atoms with Crippen LogP contribution in [0.3, 0.4) is 0 Å². The first-order chi connectivity index (χ1) is 9.41. The highest BCUT2D eigenvalue weighted by atomic mass is 32.2. The number of halogens is 1. The van der Waals surface area contributed by atoms with Gasteiger partial charge in [-0.2, -0.15) is 17.0 Å². The second kappa shape index (κ2) is 6.12. The molecule has 108 valence electrons. The van der Waals surface area contributed by atoms with Crippen molar-refractivity contribution in [2.45, 2.75) is 11.9 Å². The lowest BCUT2D eigenvalue weighted by Crippen LogP contribution is -2.46. The van der Waals surface area contributed by atoms with Gasteiger partial charge in [0.1, 0.15) is 11.2 Å². The van der Waals surface area contributed by atoms with Gasteiger partial charge >= 0.3 is 0 Å². The van der Waals surface area contributed by atoms with Crippen molar-refractivity contribution in [2.75, 3.05) is 24.3 Å². The largest absolute Gasteiger partial charge is 0.281 e. The molecule has 1 fully saturated rings. The van der Waals surface area contributed by atoms with Crippen LogP contribution in [0.2, 0.25) is 0 Å². The molecular weight excluding hydrogens is 299 g/mol. The van der Waals surface area contributed by atoms with Crippen molar-refractivity contribution < 1.29 is 12.8 Å². The molecule has 0 aromatic heterocycles. The van der Waals surface area contributed by atoms with Crippen LogP contribution >= 0.6 is 11.8 Å². The Morgan fingerprint density at radius 3 is 2.95 bits per heavy atom. The predicted octanol–water partition coefficient (Wildman–Crippen LogP) is 1.62. The molecule has 1 unspecified atom stereocenters. The zero-order valence-corrected chi connectivity index (χ0v) is 12.7. The quantitative estimate of drug-likeness (QED) is 0.848. The van der Waals surface area contributed by atoms with E-state index in [1.165, 1.54) is 24.5 Å². The molecule has 7 heteroatoms. The third-order valence-electron chi connectivity index (χ3n) is 3.25. The van der Waals surface area contributed by atoms with Crippen LogP contribution in [0.1, 0.15) is 11.1 Å². The summed E-state index contributed by atoms with van der Waals surface area (Å²) in [6.45, 7) is 0.892. The molecule has 1 saturated heterocycles. The number of hydrogen-bond acceptors (Lipinski definition) is 5. The van der Waals surface area contributed by atoms with Crippen LogP contribution < -0.4 is 0 Å². The average Bonchev–Trinajstić information content (AvgIpc) is 2.38. The monoisotopic (exact) mass is 314 g/mol. The van der Waals surface area contributed by atoms with Gasteiger partial charge < -0.3 is 0 Å². The van der Waals surface area contributed by atoms with Crippen LogP contribution in [-0.4, -0.2) is 43.0 Å². The lowest BCUT2D eigenvalue weighted by molar-refractivity contribution is 0.262. The Kier molecular flexibility index (Phi) is 4.68. The minimum Gasteiger partial charge on any atom is -0.281 e. The molecular formula is C13H15FN2O2S2. The van der Waals surface area contributed by atoms with Crippen molar-refractivity contribution in [1.29, 1.82) is 5.26 Å². The molecule has 0 bridgehead atoms. The summed E-state index contributed by atoms with van der Waals surface area (Å²) in [5, 5.41) is 8.48. The summed E-state index contributed by atoms with van der Waals surface area (Å²) in [7, 11) is -3.20. The Balaban J connectivity index is 2.28. The molecule has 0 aliphatic carbocycles. The van der Waals surface area contributed by atoms with E-state index < -0.39 is 21.0 Å². The molecule has 1 aliphatic rings. The van der Waals surface area contributed by atoms with E-state index >= 15 is 0 Å². The maximum absolute atomic E-state index is 13.3. The lowest BCUT2D eigenvalue weighted by Gasteiger charge is -2.34. The lowest BCUT2D eigenvalue weighted by atomic mass is 10.1. The molecule has 1 aromatic rings. The van der Waals surface area contributed by atoms with E-state index in [1.807, 2.05) is 6.07 Å². The van der Waals surface area contributed by atoms with Crippen molar-refractivity contribution in [1.82, 2.24) is 4.90 Å². The van der Waals surface area contributed by atoms with E-state index in [9.17, 15) is 12.8 Å². The molecule has 0 N–H and O–H groups in total. The Morgan fingerprint density at radius 1 is 1.55 bits per heavy atom. The fourth-order valence-corrected chi connectivity index (χ4v) is 5.15. The highest BCUT2D eigenvalue weighted by Crippen LogP contribution is 2.23. The summed E-state index contributed by atoms with van der Waals surface area (Å²) in [6, 6.07) is 5.99. The van der Waals surface area contributed by atoms with E-state index in [4.69, 9.17) is 5.26 Å². The maximum Gasteiger partial charge on any atom is 0.164 e. The predicted molar refractivity (Wildman–Crippen MR) is 77.5 cm³/mol. The third-order valence-corrected chi connectivity index (χ3v) is 5.93. The number of hydrogen-bond donors (Lipinski definition) is 0. The van der Waals surface area contributed by atoms with Crippen LogP contribution in [0, 0.1) is 17.1 Å². The highest BCUT2D eigenvalue weighted by Gasteiger charge is 2.31. The number of rotatable bonds is 3. The van der Waals surface area contributed by atoms with Gasteiger partial charge in [0.25, 0.3) is 0 Å². The topological polar surface area (TPSA) is 61.2 Å². The molecule has 1 aliphatic heterocycles. The fraction of sp³-hybridized carbons (Fsp3) is 0.462. The second-order valence-corrected chi connectivity index (χ2v) is 8.10. The molecule has 4 nitrogen and oxygen atoms in total. The van der Waals surface area contributed by atoms with Gasteiger partial charge in [0, 0.05) is 30.9 Å². The molecule has 2 rings (SSSR count). The number of nitrogens with zero attached hydrogens (tertiary/aromatic N) is 2. The molecule has 0 spiro atoms. The summed E-state index contributed by atoms with van der Waals surface area (Å²) in [5.74, 6) is 0.931. The first-order valence-electron chi connectivity index (χ1n) is 6.11. The van der Waals surface area contributed by atoms with Gasteiger partial charge in [0.2, 0.25) is 0 Å². The third kappa shape index (κ3) is 3.51. The maximum atomic E-state index is 13.3. The molecule has 1 heterocycles. The van der Waals surface area contributed by atoms with Crippen LogP contribution in [-0.2, 0) is 16.4 Å². The molecule has 20 heavy (non-hydrogen) atoms. The van der Waals surface area contributed by atoms with Gasteiger partial charge in [-0.1, -0.05) is 0 Å². The van der Waals surface area contributed by atoms with Crippen molar-refractivity contribution >= 4 is 21.6 Å². The first kappa shape index (κ1) is 15.3. The number of nitriles is 1. The van der Waals surface area contributed by atoms with Crippen LogP contribution in [0.15, 0.2) is 18.2 Å². The minimum atomic E-state index is -3.20. The Labute approximate surface area is 122 Å². The Morgan fingerprint density at radius 2 is 2.30 bits per heavy atom. The van der Waals surface area contributed by atoms with E-state index in [1.54, 1.807) is 16.7 Å². The van der Waals surface area contributed by atoms with Gasteiger partial charge in [-0.25, -0.2) is 12.8 Å². The van der Waals surface area contributed by atoms with E-state index in [0.29, 0.717) is 23.4 Å². The smallest absolute Gasteiger partial charge is 0.164 e. The molecule has 0 saturated carbocycles. The second-order valence-electron chi connectivity index (χ2n) is 4.74. The van der Waals surface area contributed by atoms with Crippen LogP contribution in [0.5, 0.6) is 0 Å². The molecule has 1 aromatic carbocycles. The summed E-state index contributed by atoms with van der Waals surface area (Å²) >= 11 is 1.60. The number of benzene rings is 1. The van der Waals surface area contributed by atoms with E-state index in [0.717, 1.165) is 5.75 Å². The van der Waals surface area contributed by atoms with Gasteiger partial charge in [-0.3, -0.25) is 4.90 Å². The van der Waals surface area contributed by atoms with Crippen molar-refractivity contribution in [3.8, 4) is 6.07 Å². The standard InChI is InChI=1S/C13H15FN2O2S2/c1-20(17,18)13-9-19-5-4-16(13)8-11-6-12(14)3-2-10(11)7-15/h2-3,6,13H,4-5,8-9H2,1H3. The van der Waals surface area contributed by atoms with Crippen LogP contribution in [0.25, 0.3) is 0 Å². The molecule has 0 amide bonds. The zero-order chi connectivity index (χ0) is 14.8. The van der Waals surface area contributed by atoms with Crippen LogP contribution in [0.4, 0.5) is 4.39 Å².